The van der Waals surface area contributed by atoms with E-state index in [2.05, 4.69) is 4.90 Å². The number of hydrogen-bond donors (Lipinski definition) is 1. The molecule has 2 unspecified atom stereocenters. The van der Waals surface area contributed by atoms with E-state index in [9.17, 15) is 21.6 Å². The van der Waals surface area contributed by atoms with Gasteiger partial charge in [0.1, 0.15) is 0 Å². The van der Waals surface area contributed by atoms with Gasteiger partial charge in [-0.3, -0.25) is 4.90 Å². The maximum Gasteiger partial charge on any atom is 0.490 e. The first-order chi connectivity index (χ1) is 15.1. The van der Waals surface area contributed by atoms with Gasteiger partial charge in [0.15, 0.2) is 9.84 Å². The van der Waals surface area contributed by atoms with Crippen molar-refractivity contribution in [1.29, 1.82) is 0 Å². The van der Waals surface area contributed by atoms with E-state index in [-0.39, 0.29) is 11.2 Å². The van der Waals surface area contributed by atoms with Gasteiger partial charge in [0.05, 0.1) is 35.2 Å². The third kappa shape index (κ3) is 4.17. The van der Waals surface area contributed by atoms with E-state index >= 15 is 0 Å². The van der Waals surface area contributed by atoms with Gasteiger partial charge in [-0.25, -0.2) is 13.2 Å². The number of nitrogens with zero attached hydrogens (tertiary/aromatic N) is 1. The molecule has 2 aromatic heterocycles. The fourth-order valence-electron chi connectivity index (χ4n) is 4.10. The molecule has 0 spiro atoms. The Kier molecular flexibility index (Phi) is 5.63. The number of likely N-dealkylation sites (tertiary alicyclic amines) is 1. The molecule has 11 heteroatoms. The van der Waals surface area contributed by atoms with Crippen LogP contribution >= 0.6 is 0 Å². The molecular formula is C21H18F3NO6S. The Labute approximate surface area is 181 Å². The number of furan rings is 2. The van der Waals surface area contributed by atoms with Gasteiger partial charge in [-0.2, -0.15) is 13.2 Å². The van der Waals surface area contributed by atoms with Crippen LogP contribution in [0.25, 0.3) is 11.1 Å². The minimum absolute atomic E-state index is 0.0266. The number of aliphatic carboxylic acids is 1. The molecule has 2 aliphatic rings. The van der Waals surface area contributed by atoms with Crippen LogP contribution in [0.5, 0.6) is 0 Å². The lowest BCUT2D eigenvalue weighted by Crippen LogP contribution is -2.25. The van der Waals surface area contributed by atoms with Gasteiger partial charge >= 0.3 is 12.1 Å². The highest BCUT2D eigenvalue weighted by Crippen LogP contribution is 2.46. The first-order valence-electron chi connectivity index (χ1n) is 9.51. The molecule has 2 aliphatic heterocycles. The molecule has 0 radical (unpaired) electrons. The number of alkyl halides is 3. The molecule has 1 aromatic carbocycles. The summed E-state index contributed by atoms with van der Waals surface area (Å²) in [5.41, 5.74) is 3.98. The van der Waals surface area contributed by atoms with E-state index in [1.807, 2.05) is 24.3 Å². The molecule has 0 bridgehead atoms. The Morgan fingerprint density at radius 1 is 1.06 bits per heavy atom. The van der Waals surface area contributed by atoms with Crippen LogP contribution in [0.1, 0.15) is 17.0 Å². The van der Waals surface area contributed by atoms with Gasteiger partial charge in [-0.1, -0.05) is 6.07 Å². The third-order valence-corrected chi connectivity index (χ3v) is 7.80. The van der Waals surface area contributed by atoms with Crippen LogP contribution < -0.4 is 0 Å². The number of hydrogen-bond acceptors (Lipinski definition) is 6. The topological polar surface area (TPSA) is 101 Å². The van der Waals surface area contributed by atoms with Crippen molar-refractivity contribution < 1.29 is 40.3 Å². The van der Waals surface area contributed by atoms with Gasteiger partial charge in [0, 0.05) is 36.7 Å². The molecule has 4 heterocycles. The fraction of sp³-hybridized carbons (Fsp3) is 0.286. The van der Waals surface area contributed by atoms with Crippen LogP contribution in [0.3, 0.4) is 0 Å². The number of halogens is 3. The Morgan fingerprint density at radius 3 is 2.34 bits per heavy atom. The zero-order valence-corrected chi connectivity index (χ0v) is 17.3. The van der Waals surface area contributed by atoms with Crippen LogP contribution in [0.2, 0.25) is 0 Å². The number of carboxylic acids is 1. The second kappa shape index (κ2) is 8.14. The molecule has 1 fully saturated rings. The Morgan fingerprint density at radius 2 is 1.75 bits per heavy atom. The molecule has 0 amide bonds. The Bertz CT molecular complexity index is 1200. The quantitative estimate of drug-likeness (QED) is 0.620. The van der Waals surface area contributed by atoms with E-state index in [4.69, 9.17) is 18.7 Å². The standard InChI is InChI=1S/C19H17NO4S.C2HF3O2/c21-25(22)18-2-1-14(15-4-6-24-12-15)7-16(18)17-9-20(10-19(17)25)8-13-3-5-23-11-13;3-2(4,5)1(6)7/h1-7,11-12,17,19H,8-10H2;(H,6,7). The molecule has 0 aliphatic carbocycles. The zero-order valence-electron chi connectivity index (χ0n) is 16.4. The number of fused-ring (bicyclic) bond motifs is 3. The van der Waals surface area contributed by atoms with E-state index in [1.54, 1.807) is 31.1 Å². The van der Waals surface area contributed by atoms with Gasteiger partial charge in [-0.05, 0) is 35.4 Å². The summed E-state index contributed by atoms with van der Waals surface area (Å²) in [5.74, 6) is -2.73. The van der Waals surface area contributed by atoms with E-state index in [0.717, 1.165) is 35.3 Å². The first-order valence-corrected chi connectivity index (χ1v) is 11.1. The van der Waals surface area contributed by atoms with Crippen molar-refractivity contribution in [2.75, 3.05) is 13.1 Å². The van der Waals surface area contributed by atoms with Crippen molar-refractivity contribution in [3.63, 3.8) is 0 Å². The van der Waals surface area contributed by atoms with Crippen LogP contribution in [0.4, 0.5) is 13.2 Å². The van der Waals surface area contributed by atoms with Gasteiger partial charge in [0.2, 0.25) is 0 Å². The minimum Gasteiger partial charge on any atom is -0.475 e. The maximum atomic E-state index is 12.9. The van der Waals surface area contributed by atoms with Crippen LogP contribution in [0.15, 0.2) is 69.1 Å². The molecule has 1 saturated heterocycles. The van der Waals surface area contributed by atoms with E-state index in [1.165, 1.54) is 0 Å². The molecule has 1 N–H and O–H groups in total. The van der Waals surface area contributed by atoms with Gasteiger partial charge in [0.25, 0.3) is 0 Å². The highest BCUT2D eigenvalue weighted by molar-refractivity contribution is 7.92. The van der Waals surface area contributed by atoms with Crippen LogP contribution in [-0.4, -0.2) is 48.9 Å². The zero-order chi connectivity index (χ0) is 23.1. The molecule has 170 valence electrons. The number of rotatable bonds is 3. The van der Waals surface area contributed by atoms with Crippen molar-refractivity contribution in [3.8, 4) is 11.1 Å². The normalized spacial score (nSPS) is 21.5. The molecule has 3 aromatic rings. The molecule has 5 rings (SSSR count). The number of benzene rings is 1. The minimum atomic E-state index is -5.08. The van der Waals surface area contributed by atoms with Crippen molar-refractivity contribution in [1.82, 2.24) is 4.90 Å². The summed E-state index contributed by atoms with van der Waals surface area (Å²) in [5, 5.41) is 6.77. The number of carboxylic acid groups (broad SMARTS) is 1. The molecule has 32 heavy (non-hydrogen) atoms. The number of sulfone groups is 1. The summed E-state index contributed by atoms with van der Waals surface area (Å²) in [6.45, 7) is 2.03. The van der Waals surface area contributed by atoms with Crippen molar-refractivity contribution in [2.24, 2.45) is 0 Å². The Balaban J connectivity index is 0.000000307. The lowest BCUT2D eigenvalue weighted by atomic mass is 9.95. The third-order valence-electron chi connectivity index (χ3n) is 5.54. The lowest BCUT2D eigenvalue weighted by Gasteiger charge is -2.16. The summed E-state index contributed by atoms with van der Waals surface area (Å²) in [7, 11) is -3.27. The van der Waals surface area contributed by atoms with E-state index in [0.29, 0.717) is 11.4 Å². The van der Waals surface area contributed by atoms with Crippen LogP contribution in [0, 0.1) is 0 Å². The predicted molar refractivity (Wildman–Crippen MR) is 106 cm³/mol. The average molecular weight is 469 g/mol. The summed E-state index contributed by atoms with van der Waals surface area (Å²) >= 11 is 0. The van der Waals surface area contributed by atoms with Crippen LogP contribution in [-0.2, 0) is 21.2 Å². The second-order valence-electron chi connectivity index (χ2n) is 7.58. The smallest absolute Gasteiger partial charge is 0.475 e. The van der Waals surface area contributed by atoms with Crippen molar-refractivity contribution in [2.45, 2.75) is 28.8 Å². The first kappa shape index (κ1) is 22.2. The Hall–Kier alpha value is -3.05. The molecule has 7 nitrogen and oxygen atoms in total. The SMILES string of the molecule is O=C(O)C(F)(F)F.O=S1(=O)c2ccc(-c3ccoc3)cc2C2CN(Cc3ccoc3)CC21. The average Bonchev–Trinajstić information content (AvgIpc) is 3.51. The summed E-state index contributed by atoms with van der Waals surface area (Å²) in [6.07, 6.45) is 1.59. The fourth-order valence-corrected chi connectivity index (χ4v) is 6.30. The molecule has 2 atom stereocenters. The monoisotopic (exact) mass is 469 g/mol. The second-order valence-corrected chi connectivity index (χ2v) is 9.72. The highest BCUT2D eigenvalue weighted by Gasteiger charge is 2.50. The molecule has 0 saturated carbocycles. The predicted octanol–water partition coefficient (Wildman–Crippen LogP) is 3.93. The molecular weight excluding hydrogens is 451 g/mol. The highest BCUT2D eigenvalue weighted by atomic mass is 32.2. The summed E-state index contributed by atoms with van der Waals surface area (Å²) in [6, 6.07) is 9.46. The van der Waals surface area contributed by atoms with Crippen molar-refractivity contribution in [3.05, 3.63) is 66.5 Å². The summed E-state index contributed by atoms with van der Waals surface area (Å²) in [4.78, 5) is 11.6. The van der Waals surface area contributed by atoms with Crippen molar-refractivity contribution >= 4 is 15.8 Å². The largest absolute Gasteiger partial charge is 0.490 e. The van der Waals surface area contributed by atoms with E-state index < -0.39 is 22.0 Å². The summed E-state index contributed by atoms with van der Waals surface area (Å²) < 4.78 is 67.9. The van der Waals surface area contributed by atoms with Gasteiger partial charge in [-0.15, -0.1) is 0 Å². The number of carbonyl (C=O) groups is 1. The lowest BCUT2D eigenvalue weighted by molar-refractivity contribution is -0.192. The van der Waals surface area contributed by atoms with Gasteiger partial charge < -0.3 is 13.9 Å². The maximum absolute atomic E-state index is 12.9.